The number of benzene rings is 1. The van der Waals surface area contributed by atoms with Crippen LogP contribution in [0.4, 0.5) is 10.1 Å². The average Bonchev–Trinajstić information content (AvgIpc) is 3.02. The topological polar surface area (TPSA) is 48.1 Å². The van der Waals surface area contributed by atoms with Gasteiger partial charge >= 0.3 is 0 Å². The van der Waals surface area contributed by atoms with Crippen LogP contribution >= 0.6 is 11.8 Å². The van der Waals surface area contributed by atoms with Crippen LogP contribution in [0.25, 0.3) is 0 Å². The number of hydrogen-bond acceptors (Lipinski definition) is 5. The lowest BCUT2D eigenvalue weighted by Crippen LogP contribution is -2.47. The van der Waals surface area contributed by atoms with Gasteiger partial charge in [-0.3, -0.25) is 10.00 Å². The Morgan fingerprint density at radius 1 is 1.19 bits per heavy atom. The number of nitrogens with one attached hydrogen (secondary N) is 1. The molecular formula is C14H18FN5S. The molecule has 1 aromatic heterocycles. The van der Waals surface area contributed by atoms with Crippen LogP contribution in [0, 0.1) is 5.82 Å². The maximum absolute atomic E-state index is 13.8. The molecule has 2 aromatic rings. The fraction of sp³-hybridized carbons (Fsp3) is 0.429. The Bertz CT molecular complexity index is 554. The summed E-state index contributed by atoms with van der Waals surface area (Å²) < 4.78 is 13.8. The third kappa shape index (κ3) is 3.74. The van der Waals surface area contributed by atoms with Gasteiger partial charge in [0.25, 0.3) is 0 Å². The van der Waals surface area contributed by atoms with Crippen LogP contribution < -0.4 is 4.90 Å². The van der Waals surface area contributed by atoms with Crippen molar-refractivity contribution in [3.63, 3.8) is 0 Å². The van der Waals surface area contributed by atoms with Crippen molar-refractivity contribution in [2.24, 2.45) is 0 Å². The minimum absolute atomic E-state index is 0.133. The molecule has 2 heterocycles. The van der Waals surface area contributed by atoms with E-state index in [1.807, 2.05) is 12.1 Å². The second kappa shape index (κ2) is 6.91. The highest BCUT2D eigenvalue weighted by atomic mass is 32.2. The number of halogens is 1. The van der Waals surface area contributed by atoms with Gasteiger partial charge in [0.2, 0.25) is 0 Å². The Balaban J connectivity index is 1.44. The van der Waals surface area contributed by atoms with E-state index in [1.165, 1.54) is 12.4 Å². The number of nitrogens with zero attached hydrogens (tertiary/aromatic N) is 4. The van der Waals surface area contributed by atoms with Crippen molar-refractivity contribution in [2.45, 2.75) is 5.16 Å². The lowest BCUT2D eigenvalue weighted by Gasteiger charge is -2.36. The summed E-state index contributed by atoms with van der Waals surface area (Å²) in [6, 6.07) is 7.00. The number of piperazine rings is 1. The number of rotatable bonds is 5. The molecule has 1 fully saturated rings. The molecule has 0 bridgehead atoms. The average molecular weight is 307 g/mol. The van der Waals surface area contributed by atoms with Crippen LogP contribution in [-0.2, 0) is 0 Å². The van der Waals surface area contributed by atoms with E-state index in [0.29, 0.717) is 5.69 Å². The van der Waals surface area contributed by atoms with Gasteiger partial charge in [-0.15, -0.1) is 0 Å². The van der Waals surface area contributed by atoms with Crippen LogP contribution in [0.1, 0.15) is 0 Å². The van der Waals surface area contributed by atoms with Crippen LogP contribution in [-0.4, -0.2) is 58.6 Å². The number of para-hydroxylation sites is 1. The van der Waals surface area contributed by atoms with Gasteiger partial charge in [0.05, 0.1) is 5.69 Å². The predicted molar refractivity (Wildman–Crippen MR) is 82.2 cm³/mol. The SMILES string of the molecule is Fc1ccccc1N1CCN(CCSc2ncn[nH]2)CC1. The highest BCUT2D eigenvalue weighted by Crippen LogP contribution is 2.20. The Morgan fingerprint density at radius 2 is 2.00 bits per heavy atom. The summed E-state index contributed by atoms with van der Waals surface area (Å²) in [5.74, 6) is 0.848. The fourth-order valence-corrected chi connectivity index (χ4v) is 3.24. The number of hydrogen-bond donors (Lipinski definition) is 1. The molecule has 5 nitrogen and oxygen atoms in total. The van der Waals surface area contributed by atoms with E-state index >= 15 is 0 Å². The lowest BCUT2D eigenvalue weighted by molar-refractivity contribution is 0.272. The molecule has 1 aliphatic rings. The Hall–Kier alpha value is -1.60. The number of thioether (sulfide) groups is 1. The van der Waals surface area contributed by atoms with Gasteiger partial charge in [-0.05, 0) is 12.1 Å². The van der Waals surface area contributed by atoms with Crippen LogP contribution in [0.2, 0.25) is 0 Å². The monoisotopic (exact) mass is 307 g/mol. The molecule has 1 aliphatic heterocycles. The first-order valence-corrected chi connectivity index (χ1v) is 8.01. The summed E-state index contributed by atoms with van der Waals surface area (Å²) in [6.07, 6.45) is 1.52. The first kappa shape index (κ1) is 14.3. The van der Waals surface area contributed by atoms with E-state index in [-0.39, 0.29) is 5.82 Å². The molecule has 0 saturated carbocycles. The highest BCUT2D eigenvalue weighted by molar-refractivity contribution is 7.99. The van der Waals surface area contributed by atoms with Crippen LogP contribution in [0.3, 0.4) is 0 Å². The van der Waals surface area contributed by atoms with E-state index in [1.54, 1.807) is 17.8 Å². The van der Waals surface area contributed by atoms with E-state index in [2.05, 4.69) is 25.0 Å². The molecular weight excluding hydrogens is 289 g/mol. The molecule has 0 amide bonds. The Labute approximate surface area is 127 Å². The highest BCUT2D eigenvalue weighted by Gasteiger charge is 2.18. The summed E-state index contributed by atoms with van der Waals surface area (Å²) in [5, 5.41) is 7.53. The standard InChI is InChI=1S/C14H18FN5S/c15-12-3-1-2-4-13(12)20-7-5-19(6-8-20)9-10-21-14-16-11-17-18-14/h1-4,11H,5-10H2,(H,16,17,18). The van der Waals surface area contributed by atoms with Crippen LogP contribution in [0.5, 0.6) is 0 Å². The van der Waals surface area contributed by atoms with Crippen molar-refractivity contribution in [3.8, 4) is 0 Å². The molecule has 1 saturated heterocycles. The largest absolute Gasteiger partial charge is 0.367 e. The molecule has 1 aromatic carbocycles. The van der Waals surface area contributed by atoms with Gasteiger partial charge in [0, 0.05) is 38.5 Å². The first-order valence-electron chi connectivity index (χ1n) is 7.03. The Kier molecular flexibility index (Phi) is 4.72. The maximum Gasteiger partial charge on any atom is 0.183 e. The van der Waals surface area contributed by atoms with Gasteiger partial charge in [-0.1, -0.05) is 23.9 Å². The number of anilines is 1. The van der Waals surface area contributed by atoms with Crippen molar-refractivity contribution in [2.75, 3.05) is 43.4 Å². The minimum Gasteiger partial charge on any atom is -0.367 e. The molecule has 0 spiro atoms. The van der Waals surface area contributed by atoms with Crippen molar-refractivity contribution in [1.29, 1.82) is 0 Å². The van der Waals surface area contributed by atoms with Gasteiger partial charge in [0.1, 0.15) is 12.1 Å². The molecule has 0 radical (unpaired) electrons. The third-order valence-electron chi connectivity index (χ3n) is 3.60. The summed E-state index contributed by atoms with van der Waals surface area (Å²) in [7, 11) is 0. The van der Waals surface area contributed by atoms with Crippen molar-refractivity contribution >= 4 is 17.4 Å². The zero-order chi connectivity index (χ0) is 14.5. The normalized spacial score (nSPS) is 16.3. The predicted octanol–water partition coefficient (Wildman–Crippen LogP) is 1.86. The van der Waals surface area contributed by atoms with Crippen molar-refractivity contribution in [1.82, 2.24) is 20.1 Å². The van der Waals surface area contributed by atoms with Gasteiger partial charge < -0.3 is 4.90 Å². The van der Waals surface area contributed by atoms with Crippen molar-refractivity contribution in [3.05, 3.63) is 36.4 Å². The van der Waals surface area contributed by atoms with Gasteiger partial charge in [-0.2, -0.15) is 5.10 Å². The third-order valence-corrected chi connectivity index (χ3v) is 4.46. The van der Waals surface area contributed by atoms with Gasteiger partial charge in [0.15, 0.2) is 5.16 Å². The quantitative estimate of drug-likeness (QED) is 0.855. The minimum atomic E-state index is -0.133. The molecule has 1 N–H and O–H groups in total. The maximum atomic E-state index is 13.8. The van der Waals surface area contributed by atoms with E-state index < -0.39 is 0 Å². The summed E-state index contributed by atoms with van der Waals surface area (Å²) in [5.41, 5.74) is 0.716. The lowest BCUT2D eigenvalue weighted by atomic mass is 10.2. The van der Waals surface area contributed by atoms with E-state index in [4.69, 9.17) is 0 Å². The van der Waals surface area contributed by atoms with Gasteiger partial charge in [-0.25, -0.2) is 9.37 Å². The van der Waals surface area contributed by atoms with E-state index in [0.717, 1.165) is 43.6 Å². The fourth-order valence-electron chi connectivity index (χ4n) is 2.46. The summed E-state index contributed by atoms with van der Waals surface area (Å²) in [6.45, 7) is 4.68. The Morgan fingerprint density at radius 3 is 2.71 bits per heavy atom. The number of H-pyrrole nitrogens is 1. The molecule has 21 heavy (non-hydrogen) atoms. The molecule has 0 atom stereocenters. The molecule has 0 aliphatic carbocycles. The summed E-state index contributed by atoms with van der Waals surface area (Å²) in [4.78, 5) is 8.61. The molecule has 7 heteroatoms. The molecule has 112 valence electrons. The van der Waals surface area contributed by atoms with Crippen LogP contribution in [0.15, 0.2) is 35.7 Å². The summed E-state index contributed by atoms with van der Waals surface area (Å²) >= 11 is 1.68. The second-order valence-corrected chi connectivity index (χ2v) is 6.00. The van der Waals surface area contributed by atoms with Crippen molar-refractivity contribution < 1.29 is 4.39 Å². The molecule has 3 rings (SSSR count). The molecule has 0 unspecified atom stereocenters. The van der Waals surface area contributed by atoms with E-state index in [9.17, 15) is 4.39 Å². The smallest absolute Gasteiger partial charge is 0.183 e. The second-order valence-electron chi connectivity index (χ2n) is 4.92. The first-order chi connectivity index (χ1) is 10.3. The zero-order valence-electron chi connectivity index (χ0n) is 11.7. The zero-order valence-corrected chi connectivity index (χ0v) is 12.5. The number of aromatic amines is 1. The number of aromatic nitrogens is 3.